The highest BCUT2D eigenvalue weighted by Gasteiger charge is 2.07. The van der Waals surface area contributed by atoms with Crippen LogP contribution in [0.2, 0.25) is 0 Å². The lowest BCUT2D eigenvalue weighted by molar-refractivity contribution is 0.625. The number of aryl methyl sites for hydroxylation is 1. The van der Waals surface area contributed by atoms with Crippen molar-refractivity contribution < 1.29 is 4.39 Å². The lowest BCUT2D eigenvalue weighted by atomic mass is 10.2. The van der Waals surface area contributed by atoms with Crippen LogP contribution in [0.15, 0.2) is 36.4 Å². The summed E-state index contributed by atoms with van der Waals surface area (Å²) < 4.78 is 13.2. The Morgan fingerprint density at radius 1 is 1.20 bits per heavy atom. The van der Waals surface area contributed by atoms with E-state index in [4.69, 9.17) is 11.6 Å². The van der Waals surface area contributed by atoms with E-state index < -0.39 is 0 Å². The fourth-order valence-corrected chi connectivity index (χ4v) is 2.23. The fourth-order valence-electron chi connectivity index (χ4n) is 2.08. The minimum Gasteiger partial charge on any atom is -0.355 e. The number of anilines is 1. The monoisotopic (exact) mass is 292 g/mol. The number of rotatable bonds is 5. The molecule has 0 bridgehead atoms. The lowest BCUT2D eigenvalue weighted by Crippen LogP contribution is -2.18. The Labute approximate surface area is 124 Å². The first-order chi connectivity index (χ1) is 9.62. The molecule has 106 valence electrons. The molecule has 2 nitrogen and oxygen atoms in total. The molecular formula is C16H18ClFN2. The zero-order valence-electron chi connectivity index (χ0n) is 11.7. The van der Waals surface area contributed by atoms with E-state index in [1.807, 2.05) is 30.1 Å². The molecule has 2 aromatic rings. The molecule has 0 aliphatic carbocycles. The Morgan fingerprint density at radius 2 is 2.00 bits per heavy atom. The lowest BCUT2D eigenvalue weighted by Gasteiger charge is -2.20. The van der Waals surface area contributed by atoms with E-state index in [1.165, 1.54) is 6.07 Å². The molecule has 0 fully saturated rings. The molecule has 0 amide bonds. The Morgan fingerprint density at radius 3 is 2.65 bits per heavy atom. The number of halogens is 2. The van der Waals surface area contributed by atoms with Gasteiger partial charge in [-0.1, -0.05) is 19.1 Å². The summed E-state index contributed by atoms with van der Waals surface area (Å²) in [5.41, 5.74) is 2.99. The van der Waals surface area contributed by atoms with Crippen molar-refractivity contribution in [2.45, 2.75) is 25.8 Å². The van der Waals surface area contributed by atoms with Gasteiger partial charge < -0.3 is 4.90 Å². The summed E-state index contributed by atoms with van der Waals surface area (Å²) >= 11 is 5.92. The first kappa shape index (κ1) is 14.8. The van der Waals surface area contributed by atoms with E-state index in [0.717, 1.165) is 29.1 Å². The average Bonchev–Trinajstić information content (AvgIpc) is 2.46. The van der Waals surface area contributed by atoms with Gasteiger partial charge in [0.1, 0.15) is 11.6 Å². The highest BCUT2D eigenvalue weighted by molar-refractivity contribution is 6.17. The third kappa shape index (κ3) is 3.70. The van der Waals surface area contributed by atoms with Crippen molar-refractivity contribution in [3.05, 3.63) is 59.0 Å². The van der Waals surface area contributed by atoms with Crippen LogP contribution in [0.5, 0.6) is 0 Å². The molecule has 1 heterocycles. The van der Waals surface area contributed by atoms with Crippen LogP contribution in [0.25, 0.3) is 0 Å². The molecule has 0 aliphatic heterocycles. The van der Waals surface area contributed by atoms with Gasteiger partial charge in [0.05, 0.1) is 0 Å². The molecule has 0 N–H and O–H groups in total. The summed E-state index contributed by atoms with van der Waals surface area (Å²) in [4.78, 5) is 6.60. The molecule has 0 spiro atoms. The van der Waals surface area contributed by atoms with Crippen molar-refractivity contribution >= 4 is 17.4 Å². The summed E-state index contributed by atoms with van der Waals surface area (Å²) in [6.07, 6.45) is 0.867. The summed E-state index contributed by atoms with van der Waals surface area (Å²) in [7, 11) is 1.95. The highest BCUT2D eigenvalue weighted by atomic mass is 35.5. The van der Waals surface area contributed by atoms with Crippen LogP contribution in [0, 0.1) is 5.82 Å². The predicted octanol–water partition coefficient (Wildman–Crippen LogP) is 4.16. The molecule has 2 rings (SSSR count). The Balaban J connectivity index is 2.22. The summed E-state index contributed by atoms with van der Waals surface area (Å²) in [5.74, 6) is 1.12. The van der Waals surface area contributed by atoms with Gasteiger partial charge in [-0.25, -0.2) is 9.37 Å². The molecular weight excluding hydrogens is 275 g/mol. The van der Waals surface area contributed by atoms with Crippen LogP contribution in [-0.4, -0.2) is 12.0 Å². The zero-order chi connectivity index (χ0) is 14.5. The first-order valence-electron chi connectivity index (χ1n) is 6.63. The number of pyridine rings is 1. The number of hydrogen-bond donors (Lipinski definition) is 0. The summed E-state index contributed by atoms with van der Waals surface area (Å²) in [6, 6.07) is 10.6. The average molecular weight is 293 g/mol. The number of aromatic nitrogens is 1. The highest BCUT2D eigenvalue weighted by Crippen LogP contribution is 2.18. The molecule has 4 heteroatoms. The minimum atomic E-state index is -0.215. The second-order valence-corrected chi connectivity index (χ2v) is 5.07. The quantitative estimate of drug-likeness (QED) is 0.769. The van der Waals surface area contributed by atoms with Crippen LogP contribution in [0.1, 0.15) is 23.7 Å². The zero-order valence-corrected chi connectivity index (χ0v) is 12.5. The number of nitrogens with zero attached hydrogens (tertiary/aromatic N) is 2. The van der Waals surface area contributed by atoms with Crippen molar-refractivity contribution in [1.29, 1.82) is 0 Å². The van der Waals surface area contributed by atoms with Crippen LogP contribution < -0.4 is 4.90 Å². The molecule has 0 unspecified atom stereocenters. The molecule has 0 atom stereocenters. The molecule has 0 radical (unpaired) electrons. The number of benzene rings is 1. The molecule has 0 aliphatic rings. The summed E-state index contributed by atoms with van der Waals surface area (Å²) in [6.45, 7) is 2.68. The van der Waals surface area contributed by atoms with Gasteiger partial charge in [-0.15, -0.1) is 11.6 Å². The van der Waals surface area contributed by atoms with E-state index in [2.05, 4.69) is 11.9 Å². The maximum Gasteiger partial charge on any atom is 0.129 e. The maximum atomic E-state index is 13.2. The van der Waals surface area contributed by atoms with E-state index in [-0.39, 0.29) is 5.82 Å². The Kier molecular flexibility index (Phi) is 4.96. The Hall–Kier alpha value is -1.61. The van der Waals surface area contributed by atoms with Crippen LogP contribution in [0.3, 0.4) is 0 Å². The second kappa shape index (κ2) is 6.71. The number of alkyl halides is 1. The molecule has 20 heavy (non-hydrogen) atoms. The molecule has 0 saturated heterocycles. The van der Waals surface area contributed by atoms with Crippen LogP contribution >= 0.6 is 11.6 Å². The van der Waals surface area contributed by atoms with Gasteiger partial charge in [0.25, 0.3) is 0 Å². The standard InChI is InChI=1S/C16H18ClFN2/c1-3-15-8-13(10-17)9-16(19-15)20(2)11-12-5-4-6-14(18)7-12/h4-9H,3,10-11H2,1-2H3. The van der Waals surface area contributed by atoms with Gasteiger partial charge in [-0.3, -0.25) is 0 Å². The normalized spacial score (nSPS) is 10.6. The van der Waals surface area contributed by atoms with Crippen molar-refractivity contribution in [3.63, 3.8) is 0 Å². The van der Waals surface area contributed by atoms with Gasteiger partial charge in [-0.2, -0.15) is 0 Å². The minimum absolute atomic E-state index is 0.215. The second-order valence-electron chi connectivity index (χ2n) is 4.80. The third-order valence-corrected chi connectivity index (χ3v) is 3.45. The van der Waals surface area contributed by atoms with E-state index in [9.17, 15) is 4.39 Å². The van der Waals surface area contributed by atoms with Gasteiger partial charge in [0.2, 0.25) is 0 Å². The van der Waals surface area contributed by atoms with E-state index >= 15 is 0 Å². The van der Waals surface area contributed by atoms with Crippen molar-refractivity contribution in [2.75, 3.05) is 11.9 Å². The van der Waals surface area contributed by atoms with Gasteiger partial charge in [0.15, 0.2) is 0 Å². The molecule has 0 saturated carbocycles. The first-order valence-corrected chi connectivity index (χ1v) is 7.17. The van der Waals surface area contributed by atoms with E-state index in [1.54, 1.807) is 12.1 Å². The van der Waals surface area contributed by atoms with Gasteiger partial charge in [-0.05, 0) is 41.8 Å². The molecule has 1 aromatic heterocycles. The summed E-state index contributed by atoms with van der Waals surface area (Å²) in [5, 5.41) is 0. The van der Waals surface area contributed by atoms with E-state index in [0.29, 0.717) is 12.4 Å². The topological polar surface area (TPSA) is 16.1 Å². The largest absolute Gasteiger partial charge is 0.355 e. The molecule has 1 aromatic carbocycles. The van der Waals surface area contributed by atoms with Crippen molar-refractivity contribution in [2.24, 2.45) is 0 Å². The number of hydrogen-bond acceptors (Lipinski definition) is 2. The predicted molar refractivity (Wildman–Crippen MR) is 81.7 cm³/mol. The van der Waals surface area contributed by atoms with Crippen LogP contribution in [-0.2, 0) is 18.8 Å². The smallest absolute Gasteiger partial charge is 0.129 e. The SMILES string of the molecule is CCc1cc(CCl)cc(N(C)Cc2cccc(F)c2)n1. The van der Waals surface area contributed by atoms with Crippen LogP contribution in [0.4, 0.5) is 10.2 Å². The van der Waals surface area contributed by atoms with Crippen molar-refractivity contribution in [3.8, 4) is 0 Å². The fraction of sp³-hybridized carbons (Fsp3) is 0.312. The van der Waals surface area contributed by atoms with Gasteiger partial charge >= 0.3 is 0 Å². The third-order valence-electron chi connectivity index (χ3n) is 3.14. The van der Waals surface area contributed by atoms with Gasteiger partial charge in [0, 0.05) is 25.2 Å². The van der Waals surface area contributed by atoms with Crippen molar-refractivity contribution in [1.82, 2.24) is 4.98 Å². The maximum absolute atomic E-state index is 13.2. The Bertz CT molecular complexity index is 564.